The molecule has 25 heavy (non-hydrogen) atoms. The van der Waals surface area contributed by atoms with Gasteiger partial charge in [-0.3, -0.25) is 4.57 Å². The van der Waals surface area contributed by atoms with Crippen LogP contribution in [-0.4, -0.2) is 14.8 Å². The molecule has 0 atom stereocenters. The second-order valence-electron chi connectivity index (χ2n) is 6.62. The van der Waals surface area contributed by atoms with Crippen molar-refractivity contribution in [1.29, 1.82) is 0 Å². The van der Waals surface area contributed by atoms with Crippen LogP contribution in [0.3, 0.4) is 0 Å². The number of thioether (sulfide) groups is 1. The van der Waals surface area contributed by atoms with Crippen LogP contribution in [-0.2, 0) is 5.75 Å². The molecule has 0 aliphatic heterocycles. The Kier molecular flexibility index (Phi) is 5.17. The number of hydrogen-bond acceptors (Lipinski definition) is 3. The Labute approximate surface area is 153 Å². The van der Waals surface area contributed by atoms with Gasteiger partial charge in [0.15, 0.2) is 5.16 Å². The van der Waals surface area contributed by atoms with Gasteiger partial charge in [0.05, 0.1) is 0 Å². The van der Waals surface area contributed by atoms with Gasteiger partial charge in [-0.2, -0.15) is 0 Å². The summed E-state index contributed by atoms with van der Waals surface area (Å²) in [6.45, 7) is 0. The van der Waals surface area contributed by atoms with Crippen LogP contribution in [0.1, 0.15) is 49.4 Å². The monoisotopic (exact) mass is 349 g/mol. The minimum atomic E-state index is 0.535. The molecular weight excluding hydrogens is 326 g/mol. The summed E-state index contributed by atoms with van der Waals surface area (Å²) in [5.74, 6) is 2.59. The van der Waals surface area contributed by atoms with Gasteiger partial charge in [-0.15, -0.1) is 10.2 Å². The van der Waals surface area contributed by atoms with Crippen molar-refractivity contribution in [1.82, 2.24) is 14.8 Å². The highest BCUT2D eigenvalue weighted by Crippen LogP contribution is 2.35. The fourth-order valence-electron chi connectivity index (χ4n) is 3.54. The van der Waals surface area contributed by atoms with Crippen molar-refractivity contribution in [3.8, 4) is 5.69 Å². The molecule has 1 saturated carbocycles. The molecule has 4 heteroatoms. The van der Waals surface area contributed by atoms with E-state index in [0.29, 0.717) is 5.92 Å². The lowest BCUT2D eigenvalue weighted by atomic mass is 9.88. The molecule has 128 valence electrons. The van der Waals surface area contributed by atoms with Crippen molar-refractivity contribution >= 4 is 11.8 Å². The minimum absolute atomic E-state index is 0.535. The maximum absolute atomic E-state index is 4.62. The zero-order valence-electron chi connectivity index (χ0n) is 14.3. The van der Waals surface area contributed by atoms with E-state index in [9.17, 15) is 0 Å². The van der Waals surface area contributed by atoms with Crippen molar-refractivity contribution in [2.75, 3.05) is 0 Å². The molecule has 1 fully saturated rings. The Bertz CT molecular complexity index is 793. The van der Waals surface area contributed by atoms with Crippen molar-refractivity contribution in [3.63, 3.8) is 0 Å². The molecule has 0 N–H and O–H groups in total. The van der Waals surface area contributed by atoms with Gasteiger partial charge in [-0.25, -0.2) is 0 Å². The molecule has 3 aromatic rings. The number of rotatable bonds is 5. The van der Waals surface area contributed by atoms with Gasteiger partial charge in [-0.05, 0) is 30.5 Å². The summed E-state index contributed by atoms with van der Waals surface area (Å²) in [5.41, 5.74) is 2.48. The third-order valence-electron chi connectivity index (χ3n) is 4.85. The predicted molar refractivity (Wildman–Crippen MR) is 103 cm³/mol. The van der Waals surface area contributed by atoms with E-state index in [2.05, 4.69) is 75.4 Å². The van der Waals surface area contributed by atoms with Crippen molar-refractivity contribution < 1.29 is 0 Å². The molecule has 0 amide bonds. The van der Waals surface area contributed by atoms with E-state index >= 15 is 0 Å². The molecule has 0 radical (unpaired) electrons. The Balaban J connectivity index is 1.65. The standard InChI is InChI=1S/C21H23N3S/c1-4-10-17(11-5-1)16-25-21-23-22-20(18-12-6-2-7-13-18)24(21)19-14-8-3-9-15-19/h1,3-5,8-11,14-15,18H,2,6-7,12-13,16H2. The molecule has 1 heterocycles. The van der Waals surface area contributed by atoms with Gasteiger partial charge in [-0.1, -0.05) is 79.6 Å². The third kappa shape index (κ3) is 3.79. The first-order valence-electron chi connectivity index (χ1n) is 9.09. The number of nitrogens with zero attached hydrogens (tertiary/aromatic N) is 3. The van der Waals surface area contributed by atoms with Crippen LogP contribution in [0.15, 0.2) is 65.8 Å². The third-order valence-corrected chi connectivity index (χ3v) is 5.85. The van der Waals surface area contributed by atoms with Gasteiger partial charge in [0.2, 0.25) is 0 Å². The van der Waals surface area contributed by atoms with E-state index < -0.39 is 0 Å². The summed E-state index contributed by atoms with van der Waals surface area (Å²) in [5, 5.41) is 10.2. The second-order valence-corrected chi connectivity index (χ2v) is 7.56. The molecule has 1 aromatic heterocycles. The summed E-state index contributed by atoms with van der Waals surface area (Å²) in [4.78, 5) is 0. The number of para-hydroxylation sites is 1. The average molecular weight is 350 g/mol. The molecule has 1 aliphatic carbocycles. The summed E-state index contributed by atoms with van der Waals surface area (Å²) in [6, 6.07) is 21.1. The van der Waals surface area contributed by atoms with Gasteiger partial charge >= 0.3 is 0 Å². The fourth-order valence-corrected chi connectivity index (χ4v) is 4.46. The summed E-state index contributed by atoms with van der Waals surface area (Å²) < 4.78 is 2.28. The fraction of sp³-hybridized carbons (Fsp3) is 0.333. The SMILES string of the molecule is c1ccc(CSc2nnc(C3CCCCC3)n2-c2ccccc2)cc1. The molecule has 0 bridgehead atoms. The number of aromatic nitrogens is 3. The van der Waals surface area contributed by atoms with Crippen LogP contribution in [0.25, 0.3) is 5.69 Å². The van der Waals surface area contributed by atoms with E-state index in [1.165, 1.54) is 43.4 Å². The van der Waals surface area contributed by atoms with E-state index in [-0.39, 0.29) is 0 Å². The largest absolute Gasteiger partial charge is 0.274 e. The van der Waals surface area contributed by atoms with E-state index in [1.807, 2.05) is 0 Å². The highest BCUT2D eigenvalue weighted by Gasteiger charge is 2.24. The first-order valence-corrected chi connectivity index (χ1v) is 10.1. The summed E-state index contributed by atoms with van der Waals surface area (Å²) in [7, 11) is 0. The van der Waals surface area contributed by atoms with E-state index in [0.717, 1.165) is 16.7 Å². The van der Waals surface area contributed by atoms with Crippen LogP contribution >= 0.6 is 11.8 Å². The molecular formula is C21H23N3S. The molecule has 0 saturated heterocycles. The van der Waals surface area contributed by atoms with Crippen molar-refractivity contribution in [3.05, 3.63) is 72.1 Å². The zero-order chi connectivity index (χ0) is 16.9. The second kappa shape index (κ2) is 7.87. The Hall–Kier alpha value is -2.07. The van der Waals surface area contributed by atoms with Crippen LogP contribution in [0, 0.1) is 0 Å². The topological polar surface area (TPSA) is 30.7 Å². The van der Waals surface area contributed by atoms with Gasteiger partial charge in [0.25, 0.3) is 0 Å². The maximum Gasteiger partial charge on any atom is 0.196 e. The maximum atomic E-state index is 4.62. The molecule has 0 spiro atoms. The van der Waals surface area contributed by atoms with Gasteiger partial charge < -0.3 is 0 Å². The highest BCUT2D eigenvalue weighted by atomic mass is 32.2. The van der Waals surface area contributed by atoms with Crippen molar-refractivity contribution in [2.24, 2.45) is 0 Å². The van der Waals surface area contributed by atoms with Crippen molar-refractivity contribution in [2.45, 2.75) is 48.9 Å². The number of hydrogen-bond donors (Lipinski definition) is 0. The van der Waals surface area contributed by atoms with Crippen LogP contribution in [0.2, 0.25) is 0 Å². The first-order chi connectivity index (χ1) is 12.4. The van der Waals surface area contributed by atoms with E-state index in [1.54, 1.807) is 11.8 Å². The van der Waals surface area contributed by atoms with Crippen LogP contribution in [0.5, 0.6) is 0 Å². The molecule has 0 unspecified atom stereocenters. The smallest absolute Gasteiger partial charge is 0.196 e. The zero-order valence-corrected chi connectivity index (χ0v) is 15.2. The molecule has 2 aromatic carbocycles. The van der Waals surface area contributed by atoms with Crippen LogP contribution < -0.4 is 0 Å². The minimum Gasteiger partial charge on any atom is -0.274 e. The molecule has 1 aliphatic rings. The number of benzene rings is 2. The molecule has 3 nitrogen and oxygen atoms in total. The lowest BCUT2D eigenvalue weighted by Gasteiger charge is -2.22. The average Bonchev–Trinajstić information content (AvgIpc) is 3.12. The summed E-state index contributed by atoms with van der Waals surface area (Å²) >= 11 is 1.77. The lowest BCUT2D eigenvalue weighted by molar-refractivity contribution is 0.423. The normalized spacial score (nSPS) is 15.4. The summed E-state index contributed by atoms with van der Waals surface area (Å²) in [6.07, 6.45) is 6.42. The van der Waals surface area contributed by atoms with E-state index in [4.69, 9.17) is 0 Å². The first kappa shape index (κ1) is 16.4. The van der Waals surface area contributed by atoms with Crippen LogP contribution in [0.4, 0.5) is 0 Å². The Morgan fingerprint density at radius 1 is 0.840 bits per heavy atom. The highest BCUT2D eigenvalue weighted by molar-refractivity contribution is 7.98. The van der Waals surface area contributed by atoms with Gasteiger partial charge in [0, 0.05) is 17.4 Å². The molecule has 4 rings (SSSR count). The van der Waals surface area contributed by atoms with Gasteiger partial charge in [0.1, 0.15) is 5.82 Å². The Morgan fingerprint density at radius 3 is 2.24 bits per heavy atom. The predicted octanol–water partition coefficient (Wildman–Crippen LogP) is 5.61. The Morgan fingerprint density at radius 2 is 1.52 bits per heavy atom. The lowest BCUT2D eigenvalue weighted by Crippen LogP contribution is -2.11. The quantitative estimate of drug-likeness (QED) is 0.561.